The lowest BCUT2D eigenvalue weighted by atomic mass is 9.91. The Bertz CT molecular complexity index is 642. The molecule has 1 aromatic heterocycles. The first-order chi connectivity index (χ1) is 11.3. The molecule has 0 bridgehead atoms. The van der Waals surface area contributed by atoms with Crippen molar-refractivity contribution in [2.45, 2.75) is 39.0 Å². The van der Waals surface area contributed by atoms with Gasteiger partial charge in [-0.25, -0.2) is 0 Å². The van der Waals surface area contributed by atoms with Crippen LogP contribution in [0.2, 0.25) is 0 Å². The minimum atomic E-state index is 0.603. The minimum absolute atomic E-state index is 0.603. The number of nitrogens with one attached hydrogen (secondary N) is 1. The molecular weight excluding hydrogens is 282 g/mol. The van der Waals surface area contributed by atoms with E-state index in [0.717, 1.165) is 19.5 Å². The van der Waals surface area contributed by atoms with Crippen molar-refractivity contribution in [3.05, 3.63) is 58.9 Å². The highest BCUT2D eigenvalue weighted by Crippen LogP contribution is 2.28. The quantitative estimate of drug-likeness (QED) is 0.895. The molecule has 1 atom stereocenters. The summed E-state index contributed by atoms with van der Waals surface area (Å²) < 4.78 is 0. The number of benzene rings is 1. The summed E-state index contributed by atoms with van der Waals surface area (Å²) in [6.07, 6.45) is 7.90. The van der Waals surface area contributed by atoms with Crippen LogP contribution < -0.4 is 0 Å². The highest BCUT2D eigenvalue weighted by molar-refractivity contribution is 5.52. The molecule has 1 saturated heterocycles. The van der Waals surface area contributed by atoms with Gasteiger partial charge in [0.05, 0.1) is 6.20 Å². The lowest BCUT2D eigenvalue weighted by Crippen LogP contribution is -2.35. The molecule has 0 aliphatic carbocycles. The molecular formula is C20H27N3. The van der Waals surface area contributed by atoms with E-state index in [0.29, 0.717) is 5.92 Å². The molecule has 122 valence electrons. The van der Waals surface area contributed by atoms with E-state index in [1.165, 1.54) is 41.8 Å². The molecule has 3 nitrogen and oxygen atoms in total. The molecule has 23 heavy (non-hydrogen) atoms. The number of rotatable bonds is 5. The Labute approximate surface area is 139 Å². The summed E-state index contributed by atoms with van der Waals surface area (Å²) in [4.78, 5) is 2.59. The van der Waals surface area contributed by atoms with Crippen molar-refractivity contribution in [3.8, 4) is 0 Å². The van der Waals surface area contributed by atoms with Crippen molar-refractivity contribution in [1.29, 1.82) is 0 Å². The maximum absolute atomic E-state index is 4.26. The summed E-state index contributed by atoms with van der Waals surface area (Å²) in [5, 5.41) is 7.50. The first-order valence-electron chi connectivity index (χ1n) is 8.73. The van der Waals surface area contributed by atoms with E-state index in [4.69, 9.17) is 0 Å². The largest absolute Gasteiger partial charge is 0.299 e. The standard InChI is InChI=1S/C20H27N3/c1-3-18-13-21-22-20(18)19-10-7-11-23(15-19)14-16(2)12-17-8-5-4-6-9-17/h4-6,8-9,12-13,19H,3,7,10-11,14-15H2,1-2H3,(H,21,22)/b16-12+/t19-/m0/s1. The maximum Gasteiger partial charge on any atom is 0.0522 e. The lowest BCUT2D eigenvalue weighted by Gasteiger charge is -2.33. The lowest BCUT2D eigenvalue weighted by molar-refractivity contribution is 0.221. The summed E-state index contributed by atoms with van der Waals surface area (Å²) in [5.41, 5.74) is 5.47. The zero-order valence-electron chi connectivity index (χ0n) is 14.3. The van der Waals surface area contributed by atoms with E-state index in [-0.39, 0.29) is 0 Å². The van der Waals surface area contributed by atoms with E-state index < -0.39 is 0 Å². The Morgan fingerprint density at radius 2 is 2.17 bits per heavy atom. The monoisotopic (exact) mass is 309 g/mol. The number of nitrogens with zero attached hydrogens (tertiary/aromatic N) is 2. The van der Waals surface area contributed by atoms with Gasteiger partial charge in [0, 0.05) is 24.7 Å². The summed E-state index contributed by atoms with van der Waals surface area (Å²) in [5.74, 6) is 0.603. The number of piperidine rings is 1. The normalized spacial score (nSPS) is 19.9. The molecule has 1 aromatic carbocycles. The van der Waals surface area contributed by atoms with Crippen LogP contribution in [0, 0.1) is 0 Å². The third kappa shape index (κ3) is 4.11. The third-order valence-electron chi connectivity index (χ3n) is 4.73. The molecule has 1 aliphatic heterocycles. The van der Waals surface area contributed by atoms with Gasteiger partial charge in [-0.05, 0) is 43.9 Å². The molecule has 1 N–H and O–H groups in total. The van der Waals surface area contributed by atoms with E-state index >= 15 is 0 Å². The van der Waals surface area contributed by atoms with E-state index in [9.17, 15) is 0 Å². The fourth-order valence-corrected chi connectivity index (χ4v) is 3.62. The Morgan fingerprint density at radius 3 is 2.96 bits per heavy atom. The van der Waals surface area contributed by atoms with Crippen LogP contribution in [0.5, 0.6) is 0 Å². The fourth-order valence-electron chi connectivity index (χ4n) is 3.62. The Balaban J connectivity index is 1.64. The summed E-state index contributed by atoms with van der Waals surface area (Å²) in [6, 6.07) is 10.6. The van der Waals surface area contributed by atoms with Gasteiger partial charge in [-0.1, -0.05) is 48.9 Å². The molecule has 1 fully saturated rings. The number of aryl methyl sites for hydroxylation is 1. The molecule has 0 spiro atoms. The number of H-pyrrole nitrogens is 1. The first-order valence-corrected chi connectivity index (χ1v) is 8.73. The van der Waals surface area contributed by atoms with Crippen molar-refractivity contribution in [2.24, 2.45) is 0 Å². The van der Waals surface area contributed by atoms with Gasteiger partial charge in [-0.15, -0.1) is 0 Å². The first kappa shape index (κ1) is 16.0. The van der Waals surface area contributed by atoms with Crippen molar-refractivity contribution < 1.29 is 0 Å². The molecule has 2 aromatic rings. The van der Waals surface area contributed by atoms with Crippen LogP contribution in [0.4, 0.5) is 0 Å². The molecule has 1 aliphatic rings. The predicted octanol–water partition coefficient (Wildman–Crippen LogP) is 4.26. The van der Waals surface area contributed by atoms with Crippen molar-refractivity contribution >= 4 is 6.08 Å². The molecule has 3 heteroatoms. The average Bonchev–Trinajstić information content (AvgIpc) is 3.04. The predicted molar refractivity (Wildman–Crippen MR) is 96.5 cm³/mol. The summed E-state index contributed by atoms with van der Waals surface area (Å²) in [7, 11) is 0. The molecule has 2 heterocycles. The highest BCUT2D eigenvalue weighted by Gasteiger charge is 2.24. The van der Waals surface area contributed by atoms with E-state index in [2.05, 4.69) is 65.4 Å². The van der Waals surface area contributed by atoms with E-state index in [1.807, 2.05) is 6.20 Å². The smallest absolute Gasteiger partial charge is 0.0522 e. The van der Waals surface area contributed by atoms with Crippen molar-refractivity contribution in [3.63, 3.8) is 0 Å². The van der Waals surface area contributed by atoms with Gasteiger partial charge in [0.15, 0.2) is 0 Å². The second-order valence-corrected chi connectivity index (χ2v) is 6.64. The molecule has 0 amide bonds. The SMILES string of the molecule is CCc1cn[nH]c1[C@H]1CCCN(C/C(C)=C/c2ccccc2)C1. The van der Waals surface area contributed by atoms with E-state index in [1.54, 1.807) is 0 Å². The van der Waals surface area contributed by atoms with Crippen LogP contribution in [-0.4, -0.2) is 34.7 Å². The number of hydrogen-bond donors (Lipinski definition) is 1. The number of likely N-dealkylation sites (tertiary alicyclic amines) is 1. The Hall–Kier alpha value is -1.87. The molecule has 0 radical (unpaired) electrons. The highest BCUT2D eigenvalue weighted by atomic mass is 15.1. The Kier molecular flexibility index (Phi) is 5.29. The second-order valence-electron chi connectivity index (χ2n) is 6.64. The summed E-state index contributed by atoms with van der Waals surface area (Å²) in [6.45, 7) is 7.84. The van der Waals surface area contributed by atoms with Crippen molar-refractivity contribution in [2.75, 3.05) is 19.6 Å². The van der Waals surface area contributed by atoms with Gasteiger partial charge in [0.25, 0.3) is 0 Å². The molecule has 0 unspecified atom stereocenters. The number of aromatic amines is 1. The van der Waals surface area contributed by atoms with Gasteiger partial charge < -0.3 is 0 Å². The summed E-state index contributed by atoms with van der Waals surface area (Å²) >= 11 is 0. The zero-order valence-corrected chi connectivity index (χ0v) is 14.3. The van der Waals surface area contributed by atoms with Crippen LogP contribution in [0.25, 0.3) is 6.08 Å². The minimum Gasteiger partial charge on any atom is -0.299 e. The van der Waals surface area contributed by atoms with Gasteiger partial charge in [-0.3, -0.25) is 10.00 Å². The van der Waals surface area contributed by atoms with Gasteiger partial charge >= 0.3 is 0 Å². The number of aromatic nitrogens is 2. The van der Waals surface area contributed by atoms with Crippen LogP contribution in [0.3, 0.4) is 0 Å². The zero-order chi connectivity index (χ0) is 16.1. The van der Waals surface area contributed by atoms with Crippen LogP contribution in [0.1, 0.15) is 49.4 Å². The van der Waals surface area contributed by atoms with Crippen molar-refractivity contribution in [1.82, 2.24) is 15.1 Å². The molecule has 0 saturated carbocycles. The average molecular weight is 309 g/mol. The van der Waals surface area contributed by atoms with Crippen LogP contribution in [-0.2, 0) is 6.42 Å². The van der Waals surface area contributed by atoms with Gasteiger partial charge in [-0.2, -0.15) is 5.10 Å². The second kappa shape index (κ2) is 7.60. The number of hydrogen-bond acceptors (Lipinski definition) is 2. The molecule has 3 rings (SSSR count). The van der Waals surface area contributed by atoms with Crippen LogP contribution >= 0.6 is 0 Å². The maximum atomic E-state index is 4.26. The van der Waals surface area contributed by atoms with Crippen LogP contribution in [0.15, 0.2) is 42.1 Å². The topological polar surface area (TPSA) is 31.9 Å². The van der Waals surface area contributed by atoms with Gasteiger partial charge in [0.2, 0.25) is 0 Å². The fraction of sp³-hybridized carbons (Fsp3) is 0.450. The van der Waals surface area contributed by atoms with Gasteiger partial charge in [0.1, 0.15) is 0 Å². The third-order valence-corrected chi connectivity index (χ3v) is 4.73. The Morgan fingerprint density at radius 1 is 1.35 bits per heavy atom.